The third-order valence-electron chi connectivity index (χ3n) is 4.65. The summed E-state index contributed by atoms with van der Waals surface area (Å²) < 4.78 is 5.29. The van der Waals surface area contributed by atoms with Gasteiger partial charge in [-0.3, -0.25) is 14.5 Å². The van der Waals surface area contributed by atoms with Crippen LogP contribution in [0.5, 0.6) is 0 Å². The summed E-state index contributed by atoms with van der Waals surface area (Å²) in [4.78, 5) is 28.3. The topological polar surface area (TPSA) is 61.9 Å². The van der Waals surface area contributed by atoms with Gasteiger partial charge in [0.05, 0.1) is 13.2 Å². The molecule has 2 aliphatic rings. The third kappa shape index (κ3) is 4.55. The van der Waals surface area contributed by atoms with Crippen LogP contribution in [-0.4, -0.2) is 67.6 Å². The van der Waals surface area contributed by atoms with Crippen molar-refractivity contribution in [2.45, 2.75) is 19.4 Å². The Morgan fingerprint density at radius 1 is 1.08 bits per heavy atom. The Morgan fingerprint density at radius 2 is 1.83 bits per heavy atom. The summed E-state index contributed by atoms with van der Waals surface area (Å²) in [5, 5.41) is 2.85. The molecular weight excluding hydrogens is 306 g/mol. The number of amides is 2. The van der Waals surface area contributed by atoms with Gasteiger partial charge < -0.3 is 15.0 Å². The summed E-state index contributed by atoms with van der Waals surface area (Å²) in [6.45, 7) is 6.00. The molecule has 0 radical (unpaired) electrons. The van der Waals surface area contributed by atoms with E-state index in [4.69, 9.17) is 4.74 Å². The summed E-state index contributed by atoms with van der Waals surface area (Å²) in [6, 6.07) is 8.18. The molecule has 2 aliphatic heterocycles. The Bertz CT molecular complexity index is 585. The fourth-order valence-electron chi connectivity index (χ4n) is 3.20. The minimum absolute atomic E-state index is 0.0642. The summed E-state index contributed by atoms with van der Waals surface area (Å²) >= 11 is 0. The average Bonchev–Trinajstić information content (AvgIpc) is 2.62. The molecule has 1 fully saturated rings. The lowest BCUT2D eigenvalue weighted by atomic mass is 10.00. The first kappa shape index (κ1) is 16.9. The van der Waals surface area contributed by atoms with Crippen LogP contribution in [0.25, 0.3) is 0 Å². The highest BCUT2D eigenvalue weighted by molar-refractivity contribution is 5.96. The molecule has 1 aromatic rings. The largest absolute Gasteiger partial charge is 0.379 e. The monoisotopic (exact) mass is 331 g/mol. The minimum Gasteiger partial charge on any atom is -0.379 e. The number of hydrogen-bond donors (Lipinski definition) is 1. The van der Waals surface area contributed by atoms with E-state index in [-0.39, 0.29) is 18.2 Å². The quantitative estimate of drug-likeness (QED) is 0.794. The number of rotatable bonds is 5. The first-order valence-electron chi connectivity index (χ1n) is 8.64. The van der Waals surface area contributed by atoms with Crippen LogP contribution in [0.15, 0.2) is 24.3 Å². The van der Waals surface area contributed by atoms with E-state index in [1.54, 1.807) is 4.90 Å². The summed E-state index contributed by atoms with van der Waals surface area (Å²) in [5.74, 6) is -0.277. The van der Waals surface area contributed by atoms with E-state index in [0.717, 1.165) is 39.3 Å². The lowest BCUT2D eigenvalue weighted by Crippen LogP contribution is -2.42. The van der Waals surface area contributed by atoms with Crippen LogP contribution in [-0.2, 0) is 27.3 Å². The summed E-state index contributed by atoms with van der Waals surface area (Å²) in [7, 11) is 0. The first-order valence-corrected chi connectivity index (χ1v) is 8.64. The zero-order chi connectivity index (χ0) is 16.8. The first-order chi connectivity index (χ1) is 11.7. The van der Waals surface area contributed by atoms with Crippen molar-refractivity contribution in [2.75, 3.05) is 45.9 Å². The Kier molecular flexibility index (Phi) is 5.82. The molecule has 0 saturated carbocycles. The standard InChI is InChI=1S/C18H25N3O3/c22-17(19-6-8-20-9-11-24-12-10-20)13-18(23)21-7-5-15-3-1-2-4-16(15)14-21/h1-4H,5-14H2,(H,19,22). The fraction of sp³-hybridized carbons (Fsp3) is 0.556. The highest BCUT2D eigenvalue weighted by Gasteiger charge is 2.22. The number of morpholine rings is 1. The number of hydrogen-bond acceptors (Lipinski definition) is 4. The van der Waals surface area contributed by atoms with E-state index >= 15 is 0 Å². The van der Waals surface area contributed by atoms with Gasteiger partial charge in [0, 0.05) is 39.3 Å². The Morgan fingerprint density at radius 3 is 2.62 bits per heavy atom. The predicted molar refractivity (Wildman–Crippen MR) is 90.4 cm³/mol. The van der Waals surface area contributed by atoms with Gasteiger partial charge in [0.25, 0.3) is 0 Å². The maximum absolute atomic E-state index is 12.3. The number of nitrogens with one attached hydrogen (secondary N) is 1. The van der Waals surface area contributed by atoms with Gasteiger partial charge >= 0.3 is 0 Å². The van der Waals surface area contributed by atoms with E-state index in [0.29, 0.717) is 19.6 Å². The molecule has 0 atom stereocenters. The molecule has 1 N–H and O–H groups in total. The number of ether oxygens (including phenoxy) is 1. The molecule has 6 heteroatoms. The molecule has 0 aromatic heterocycles. The van der Waals surface area contributed by atoms with Crippen LogP contribution in [0.1, 0.15) is 17.5 Å². The third-order valence-corrected chi connectivity index (χ3v) is 4.65. The van der Waals surface area contributed by atoms with Crippen LogP contribution in [0.2, 0.25) is 0 Å². The predicted octanol–water partition coefficient (Wildman–Crippen LogP) is 0.410. The van der Waals surface area contributed by atoms with Gasteiger partial charge in [-0.15, -0.1) is 0 Å². The molecule has 3 rings (SSSR count). The number of benzene rings is 1. The second-order valence-electron chi connectivity index (χ2n) is 6.31. The van der Waals surface area contributed by atoms with E-state index in [1.165, 1.54) is 11.1 Å². The Hall–Kier alpha value is -1.92. The van der Waals surface area contributed by atoms with Crippen molar-refractivity contribution in [3.05, 3.63) is 35.4 Å². The SMILES string of the molecule is O=C(CC(=O)N1CCc2ccccc2C1)NCCN1CCOCC1. The fourth-order valence-corrected chi connectivity index (χ4v) is 3.20. The van der Waals surface area contributed by atoms with Gasteiger partial charge in [-0.1, -0.05) is 24.3 Å². The maximum Gasteiger partial charge on any atom is 0.232 e. The van der Waals surface area contributed by atoms with Crippen LogP contribution in [0, 0.1) is 0 Å². The van der Waals surface area contributed by atoms with Crippen LogP contribution in [0.3, 0.4) is 0 Å². The molecule has 24 heavy (non-hydrogen) atoms. The van der Waals surface area contributed by atoms with Crippen LogP contribution in [0.4, 0.5) is 0 Å². The Balaban J connectivity index is 1.39. The van der Waals surface area contributed by atoms with E-state index in [2.05, 4.69) is 22.3 Å². The number of fused-ring (bicyclic) bond motifs is 1. The van der Waals surface area contributed by atoms with Crippen molar-refractivity contribution in [1.82, 2.24) is 15.1 Å². The molecule has 0 aliphatic carbocycles. The normalized spacial score (nSPS) is 18.1. The molecule has 6 nitrogen and oxygen atoms in total. The zero-order valence-electron chi connectivity index (χ0n) is 14.0. The highest BCUT2D eigenvalue weighted by Crippen LogP contribution is 2.18. The molecule has 2 heterocycles. The highest BCUT2D eigenvalue weighted by atomic mass is 16.5. The van der Waals surface area contributed by atoms with Gasteiger partial charge in [0.15, 0.2) is 0 Å². The van der Waals surface area contributed by atoms with E-state index in [9.17, 15) is 9.59 Å². The number of carbonyl (C=O) groups is 2. The number of nitrogens with zero attached hydrogens (tertiary/aromatic N) is 2. The molecule has 0 spiro atoms. The van der Waals surface area contributed by atoms with Gasteiger partial charge in [0.1, 0.15) is 6.42 Å². The molecule has 1 aromatic carbocycles. The van der Waals surface area contributed by atoms with Crippen molar-refractivity contribution < 1.29 is 14.3 Å². The molecule has 1 saturated heterocycles. The van der Waals surface area contributed by atoms with Crippen molar-refractivity contribution in [3.8, 4) is 0 Å². The van der Waals surface area contributed by atoms with Gasteiger partial charge in [0.2, 0.25) is 11.8 Å². The van der Waals surface area contributed by atoms with Crippen molar-refractivity contribution >= 4 is 11.8 Å². The van der Waals surface area contributed by atoms with Crippen molar-refractivity contribution in [1.29, 1.82) is 0 Å². The smallest absolute Gasteiger partial charge is 0.232 e. The van der Waals surface area contributed by atoms with Gasteiger partial charge in [-0.05, 0) is 17.5 Å². The van der Waals surface area contributed by atoms with Crippen molar-refractivity contribution in [3.63, 3.8) is 0 Å². The molecule has 2 amide bonds. The zero-order valence-corrected chi connectivity index (χ0v) is 14.0. The molecule has 130 valence electrons. The van der Waals surface area contributed by atoms with Crippen molar-refractivity contribution in [2.24, 2.45) is 0 Å². The average molecular weight is 331 g/mol. The summed E-state index contributed by atoms with van der Waals surface area (Å²) in [6.07, 6.45) is 0.797. The minimum atomic E-state index is -0.188. The van der Waals surface area contributed by atoms with Gasteiger partial charge in [-0.25, -0.2) is 0 Å². The molecule has 0 bridgehead atoms. The van der Waals surface area contributed by atoms with Crippen LogP contribution < -0.4 is 5.32 Å². The second kappa shape index (κ2) is 8.26. The second-order valence-corrected chi connectivity index (χ2v) is 6.31. The summed E-state index contributed by atoms with van der Waals surface area (Å²) in [5.41, 5.74) is 2.49. The maximum atomic E-state index is 12.3. The van der Waals surface area contributed by atoms with Gasteiger partial charge in [-0.2, -0.15) is 0 Å². The molecule has 0 unspecified atom stereocenters. The number of carbonyl (C=O) groups excluding carboxylic acids is 2. The lowest BCUT2D eigenvalue weighted by molar-refractivity contribution is -0.136. The van der Waals surface area contributed by atoms with E-state index in [1.807, 2.05) is 12.1 Å². The lowest BCUT2D eigenvalue weighted by Gasteiger charge is -2.29. The Labute approximate surface area is 142 Å². The van der Waals surface area contributed by atoms with Crippen LogP contribution >= 0.6 is 0 Å². The molecular formula is C18H25N3O3. The van der Waals surface area contributed by atoms with E-state index < -0.39 is 0 Å².